The van der Waals surface area contributed by atoms with E-state index >= 15 is 0 Å². The van der Waals surface area contributed by atoms with Crippen molar-refractivity contribution in [3.05, 3.63) is 47.0 Å². The summed E-state index contributed by atoms with van der Waals surface area (Å²) in [6.45, 7) is 0. The number of halogens is 1. The maximum Gasteiger partial charge on any atom is 0.386 e. The van der Waals surface area contributed by atoms with Crippen LogP contribution in [0.5, 0.6) is 0 Å². The first-order valence-corrected chi connectivity index (χ1v) is 4.46. The van der Waals surface area contributed by atoms with Crippen LogP contribution in [0.25, 0.3) is 10.8 Å². The van der Waals surface area contributed by atoms with E-state index in [2.05, 4.69) is 0 Å². The Morgan fingerprint density at radius 1 is 1.14 bits per heavy atom. The fraction of sp³-hybridized carbons (Fsp3) is 0. The molecule has 14 heavy (non-hydrogen) atoms. The van der Waals surface area contributed by atoms with E-state index in [1.165, 1.54) is 6.07 Å². The van der Waals surface area contributed by atoms with Gasteiger partial charge in [0.2, 0.25) is 0 Å². The highest BCUT2D eigenvalue weighted by molar-refractivity contribution is 6.35. The molecule has 2 nitrogen and oxygen atoms in total. The molecule has 0 amide bonds. The first-order chi connectivity index (χ1) is 6.68. The van der Waals surface area contributed by atoms with Crippen LogP contribution in [0.15, 0.2) is 36.4 Å². The number of hydrogen-bond acceptors (Lipinski definition) is 1. The van der Waals surface area contributed by atoms with Gasteiger partial charge in [0, 0.05) is 10.4 Å². The molecule has 0 spiro atoms. The number of carbonyl (C=O) groups excluding carboxylic acids is 1. The molecule has 1 radical (unpaired) electrons. The highest BCUT2D eigenvalue weighted by Gasteiger charge is 2.08. The Hall–Kier alpha value is -1.54. The Morgan fingerprint density at radius 2 is 1.86 bits per heavy atom. The van der Waals surface area contributed by atoms with Gasteiger partial charge in [-0.1, -0.05) is 35.9 Å². The van der Waals surface area contributed by atoms with E-state index in [0.717, 1.165) is 10.8 Å². The maximum atomic E-state index is 10.6. The van der Waals surface area contributed by atoms with Gasteiger partial charge in [0.25, 0.3) is 0 Å². The summed E-state index contributed by atoms with van der Waals surface area (Å²) < 4.78 is 0. The highest BCUT2D eigenvalue weighted by atomic mass is 35.5. The molecule has 0 fully saturated rings. The number of fused-ring (bicyclic) bond motifs is 1. The fourth-order valence-electron chi connectivity index (χ4n) is 1.38. The van der Waals surface area contributed by atoms with Gasteiger partial charge in [-0.05, 0) is 17.5 Å². The molecule has 0 saturated heterocycles. The molecule has 69 valence electrons. The van der Waals surface area contributed by atoms with Crippen LogP contribution in [0.3, 0.4) is 0 Å². The molecule has 0 heterocycles. The van der Waals surface area contributed by atoms with Crippen molar-refractivity contribution in [1.82, 2.24) is 0 Å². The van der Waals surface area contributed by atoms with Crippen molar-refractivity contribution in [2.45, 2.75) is 0 Å². The van der Waals surface area contributed by atoms with Crippen LogP contribution in [0, 0.1) is 0 Å². The number of rotatable bonds is 1. The van der Waals surface area contributed by atoms with Gasteiger partial charge in [-0.2, -0.15) is 0 Å². The molecule has 0 atom stereocenters. The third kappa shape index (κ3) is 1.44. The molecule has 2 rings (SSSR count). The molecule has 0 N–H and O–H groups in total. The zero-order chi connectivity index (χ0) is 10.1. The summed E-state index contributed by atoms with van der Waals surface area (Å²) >= 11 is 5.92. The van der Waals surface area contributed by atoms with Crippen molar-refractivity contribution < 1.29 is 9.90 Å². The molecule has 0 aliphatic heterocycles. The van der Waals surface area contributed by atoms with Crippen LogP contribution in [0.1, 0.15) is 10.4 Å². The minimum atomic E-state index is -1.21. The van der Waals surface area contributed by atoms with Crippen molar-refractivity contribution in [2.75, 3.05) is 0 Å². The van der Waals surface area contributed by atoms with E-state index in [0.29, 0.717) is 5.02 Å². The second kappa shape index (κ2) is 3.31. The number of hydrogen-bond donors (Lipinski definition) is 0. The van der Waals surface area contributed by atoms with Crippen LogP contribution in [0.2, 0.25) is 5.02 Å². The Morgan fingerprint density at radius 3 is 2.57 bits per heavy atom. The molecule has 0 saturated carbocycles. The largest absolute Gasteiger partial charge is 0.386 e. The summed E-state index contributed by atoms with van der Waals surface area (Å²) in [6.07, 6.45) is 0. The molecule has 0 aliphatic rings. The van der Waals surface area contributed by atoms with Crippen molar-refractivity contribution in [3.63, 3.8) is 0 Å². The summed E-state index contributed by atoms with van der Waals surface area (Å²) in [5.74, 6) is -1.21. The Bertz CT molecular complexity index is 506. The summed E-state index contributed by atoms with van der Waals surface area (Å²) in [5, 5.41) is 12.7. The van der Waals surface area contributed by atoms with Crippen molar-refractivity contribution in [2.24, 2.45) is 0 Å². The molecular formula is C11H6ClO2. The van der Waals surface area contributed by atoms with Crippen LogP contribution in [-0.4, -0.2) is 5.97 Å². The monoisotopic (exact) mass is 205 g/mol. The van der Waals surface area contributed by atoms with E-state index in [1.54, 1.807) is 6.07 Å². The van der Waals surface area contributed by atoms with Gasteiger partial charge in [0.05, 0.1) is 5.56 Å². The molecule has 2 aromatic carbocycles. The lowest BCUT2D eigenvalue weighted by Crippen LogP contribution is -1.93. The Balaban J connectivity index is 2.78. The Labute approximate surface area is 85.7 Å². The minimum absolute atomic E-state index is 0.105. The van der Waals surface area contributed by atoms with E-state index < -0.39 is 5.97 Å². The van der Waals surface area contributed by atoms with Gasteiger partial charge in [0.1, 0.15) is 0 Å². The molecule has 0 aromatic heterocycles. The summed E-state index contributed by atoms with van der Waals surface area (Å²) in [6, 6.07) is 10.3. The summed E-state index contributed by atoms with van der Waals surface area (Å²) in [4.78, 5) is 10.6. The van der Waals surface area contributed by atoms with E-state index in [-0.39, 0.29) is 5.56 Å². The average Bonchev–Trinajstić information content (AvgIpc) is 2.17. The van der Waals surface area contributed by atoms with E-state index in [1.807, 2.05) is 24.3 Å². The predicted molar refractivity (Wildman–Crippen MR) is 54.0 cm³/mol. The van der Waals surface area contributed by atoms with Crippen molar-refractivity contribution >= 4 is 28.3 Å². The second-order valence-corrected chi connectivity index (χ2v) is 3.37. The van der Waals surface area contributed by atoms with Gasteiger partial charge in [-0.15, -0.1) is 0 Å². The zero-order valence-electron chi connectivity index (χ0n) is 7.16. The normalized spacial score (nSPS) is 10.4. The van der Waals surface area contributed by atoms with Crippen molar-refractivity contribution in [3.8, 4) is 0 Å². The van der Waals surface area contributed by atoms with Crippen LogP contribution < -0.4 is 0 Å². The topological polar surface area (TPSA) is 37.0 Å². The van der Waals surface area contributed by atoms with E-state index in [9.17, 15) is 9.90 Å². The maximum absolute atomic E-state index is 10.6. The van der Waals surface area contributed by atoms with Gasteiger partial charge in [-0.3, -0.25) is 0 Å². The average molecular weight is 206 g/mol. The lowest BCUT2D eigenvalue weighted by molar-refractivity contribution is 0.0573. The van der Waals surface area contributed by atoms with Gasteiger partial charge < -0.3 is 0 Å². The quantitative estimate of drug-likeness (QED) is 0.705. The minimum Gasteiger partial charge on any atom is -0.242 e. The first-order valence-electron chi connectivity index (χ1n) is 4.08. The fourth-order valence-corrected chi connectivity index (χ4v) is 1.67. The Kier molecular flexibility index (Phi) is 2.14. The second-order valence-electron chi connectivity index (χ2n) is 2.97. The van der Waals surface area contributed by atoms with Crippen LogP contribution >= 0.6 is 11.6 Å². The molecule has 0 aliphatic carbocycles. The molecule has 0 bridgehead atoms. The number of benzene rings is 2. The lowest BCUT2D eigenvalue weighted by atomic mass is 10.1. The SMILES string of the molecule is [O]C(=O)c1cc(Cl)c2ccccc2c1. The predicted octanol–water partition coefficient (Wildman–Crippen LogP) is 3.06. The zero-order valence-corrected chi connectivity index (χ0v) is 7.91. The van der Waals surface area contributed by atoms with Gasteiger partial charge in [0.15, 0.2) is 0 Å². The molecular weight excluding hydrogens is 200 g/mol. The highest BCUT2D eigenvalue weighted by Crippen LogP contribution is 2.25. The van der Waals surface area contributed by atoms with Crippen LogP contribution in [-0.2, 0) is 5.11 Å². The number of carbonyl (C=O) groups is 1. The summed E-state index contributed by atoms with van der Waals surface area (Å²) in [7, 11) is 0. The third-order valence-corrected chi connectivity index (χ3v) is 2.36. The molecule has 2 aromatic rings. The molecule has 3 heteroatoms. The smallest absolute Gasteiger partial charge is 0.242 e. The van der Waals surface area contributed by atoms with E-state index in [4.69, 9.17) is 11.6 Å². The first kappa shape index (κ1) is 9.03. The van der Waals surface area contributed by atoms with Crippen molar-refractivity contribution in [1.29, 1.82) is 0 Å². The summed E-state index contributed by atoms with van der Waals surface area (Å²) in [5.41, 5.74) is 0.105. The molecule has 0 unspecified atom stereocenters. The van der Waals surface area contributed by atoms with Gasteiger partial charge in [-0.25, -0.2) is 9.90 Å². The lowest BCUT2D eigenvalue weighted by Gasteiger charge is -2.01. The third-order valence-electron chi connectivity index (χ3n) is 2.05. The van der Waals surface area contributed by atoms with Crippen LogP contribution in [0.4, 0.5) is 0 Å². The standard InChI is InChI=1S/C11H6ClO2/c12-10-6-8(11(13)14)5-7-3-1-2-4-9(7)10/h1-6H. The van der Waals surface area contributed by atoms with Gasteiger partial charge >= 0.3 is 5.97 Å².